The van der Waals surface area contributed by atoms with Crippen molar-refractivity contribution in [3.63, 3.8) is 0 Å². The molecule has 0 aliphatic rings. The maximum Gasteiger partial charge on any atom is 0.162 e. The van der Waals surface area contributed by atoms with Gasteiger partial charge in [-0.05, 0) is 38.0 Å². The molecule has 1 rings (SSSR count). The van der Waals surface area contributed by atoms with Gasteiger partial charge in [0, 0.05) is 6.20 Å². The quantitative estimate of drug-likeness (QED) is 0.613. The van der Waals surface area contributed by atoms with Crippen LogP contribution in [0.3, 0.4) is 0 Å². The summed E-state index contributed by atoms with van der Waals surface area (Å²) in [7, 11) is 2.14. The first-order valence-electron chi connectivity index (χ1n) is 3.83. The molecular weight excluding hydrogens is 172 g/mol. The number of aryl methyl sites for hydroxylation is 2. The molecule has 0 aliphatic heterocycles. The van der Waals surface area contributed by atoms with Crippen LogP contribution in [0.2, 0.25) is 0 Å². The summed E-state index contributed by atoms with van der Waals surface area (Å²) in [6.07, 6.45) is 1.70. The molecule has 0 saturated heterocycles. The van der Waals surface area contributed by atoms with Crippen molar-refractivity contribution in [3.05, 3.63) is 29.1 Å². The molecular formula is C9H13FNP. The van der Waals surface area contributed by atoms with Gasteiger partial charge < -0.3 is 0 Å². The number of halogens is 1. The van der Waals surface area contributed by atoms with Gasteiger partial charge in [0.1, 0.15) is 0 Å². The van der Waals surface area contributed by atoms with Crippen molar-refractivity contribution in [1.82, 2.24) is 4.98 Å². The Kier molecular flexibility index (Phi) is 2.48. The highest BCUT2D eigenvalue weighted by Crippen LogP contribution is 2.31. The van der Waals surface area contributed by atoms with Crippen LogP contribution in [-0.2, 0) is 5.41 Å². The molecule has 0 saturated carbocycles. The second-order valence-corrected chi connectivity index (χ2v) is 4.31. The summed E-state index contributed by atoms with van der Waals surface area (Å²) in [6, 6.07) is 1.78. The highest BCUT2D eigenvalue weighted by atomic mass is 31.0. The van der Waals surface area contributed by atoms with Crippen LogP contribution < -0.4 is 0 Å². The standard InChI is InChI=1S/C9H13FNP/c1-6-4-8(9(3,10)12)11-5-7(6)2/h4-5H,12H2,1-3H3. The van der Waals surface area contributed by atoms with Crippen molar-refractivity contribution in [2.24, 2.45) is 0 Å². The van der Waals surface area contributed by atoms with Crippen molar-refractivity contribution < 1.29 is 4.39 Å². The zero-order chi connectivity index (χ0) is 9.35. The number of hydrogen-bond acceptors (Lipinski definition) is 1. The summed E-state index contributed by atoms with van der Waals surface area (Å²) in [5, 5.41) is -1.42. The minimum absolute atomic E-state index is 0.468. The topological polar surface area (TPSA) is 12.9 Å². The van der Waals surface area contributed by atoms with E-state index < -0.39 is 5.41 Å². The lowest BCUT2D eigenvalue weighted by atomic mass is 10.1. The highest BCUT2D eigenvalue weighted by molar-refractivity contribution is 7.18. The summed E-state index contributed by atoms with van der Waals surface area (Å²) in [5.74, 6) is 0. The summed E-state index contributed by atoms with van der Waals surface area (Å²) < 4.78 is 13.3. The SMILES string of the molecule is Cc1cnc(C(C)(F)P)cc1C. The second kappa shape index (κ2) is 3.10. The van der Waals surface area contributed by atoms with Crippen LogP contribution in [0.25, 0.3) is 0 Å². The third kappa shape index (κ3) is 2.01. The third-order valence-electron chi connectivity index (χ3n) is 1.87. The lowest BCUT2D eigenvalue weighted by molar-refractivity contribution is 0.315. The molecule has 66 valence electrons. The normalized spacial score (nSPS) is 15.8. The molecule has 0 fully saturated rings. The molecule has 0 aromatic carbocycles. The van der Waals surface area contributed by atoms with Crippen molar-refractivity contribution in [2.75, 3.05) is 0 Å². The van der Waals surface area contributed by atoms with Gasteiger partial charge in [-0.2, -0.15) is 0 Å². The first-order chi connectivity index (χ1) is 5.41. The predicted molar refractivity (Wildman–Crippen MR) is 51.9 cm³/mol. The molecule has 0 radical (unpaired) electrons. The molecule has 2 atom stereocenters. The molecule has 0 N–H and O–H groups in total. The maximum atomic E-state index is 13.3. The predicted octanol–water partition coefficient (Wildman–Crippen LogP) is 2.72. The first kappa shape index (κ1) is 9.60. The molecule has 1 aromatic heterocycles. The fraction of sp³-hybridized carbons (Fsp3) is 0.444. The number of pyridine rings is 1. The molecule has 1 nitrogen and oxygen atoms in total. The fourth-order valence-electron chi connectivity index (χ4n) is 0.892. The lowest BCUT2D eigenvalue weighted by Crippen LogP contribution is -2.07. The smallest absolute Gasteiger partial charge is 0.162 e. The Balaban J connectivity index is 3.14. The molecule has 1 aromatic rings. The molecule has 1 heterocycles. The summed E-state index contributed by atoms with van der Waals surface area (Å²) in [5.41, 5.74) is 2.63. The minimum Gasteiger partial charge on any atom is -0.257 e. The second-order valence-electron chi connectivity index (χ2n) is 3.23. The van der Waals surface area contributed by atoms with E-state index in [4.69, 9.17) is 0 Å². The molecule has 12 heavy (non-hydrogen) atoms. The van der Waals surface area contributed by atoms with Crippen LogP contribution in [0.4, 0.5) is 4.39 Å². The van der Waals surface area contributed by atoms with Gasteiger partial charge in [-0.1, -0.05) is 9.24 Å². The fourth-order valence-corrected chi connectivity index (χ4v) is 1.05. The van der Waals surface area contributed by atoms with Crippen molar-refractivity contribution in [1.29, 1.82) is 0 Å². The van der Waals surface area contributed by atoms with Crippen LogP contribution in [0.1, 0.15) is 23.7 Å². The van der Waals surface area contributed by atoms with Crippen molar-refractivity contribution in [3.8, 4) is 0 Å². The van der Waals surface area contributed by atoms with E-state index in [-0.39, 0.29) is 0 Å². The van der Waals surface area contributed by atoms with E-state index >= 15 is 0 Å². The third-order valence-corrected chi connectivity index (χ3v) is 2.17. The Morgan fingerprint density at radius 2 is 2.00 bits per heavy atom. The Morgan fingerprint density at radius 1 is 1.42 bits per heavy atom. The van der Waals surface area contributed by atoms with Gasteiger partial charge in [-0.15, -0.1) is 0 Å². The molecule has 3 heteroatoms. The average Bonchev–Trinajstić information content (AvgIpc) is 1.92. The zero-order valence-electron chi connectivity index (χ0n) is 7.56. The van der Waals surface area contributed by atoms with Crippen LogP contribution in [-0.4, -0.2) is 4.98 Å². The minimum atomic E-state index is -1.42. The van der Waals surface area contributed by atoms with Crippen molar-refractivity contribution in [2.45, 2.75) is 26.2 Å². The number of aromatic nitrogens is 1. The molecule has 0 aliphatic carbocycles. The van der Waals surface area contributed by atoms with E-state index in [1.165, 1.54) is 6.92 Å². The largest absolute Gasteiger partial charge is 0.257 e. The monoisotopic (exact) mass is 185 g/mol. The van der Waals surface area contributed by atoms with Gasteiger partial charge in [-0.25, -0.2) is 4.39 Å². The Labute approximate surface area is 74.6 Å². The van der Waals surface area contributed by atoms with Gasteiger partial charge in [0.2, 0.25) is 0 Å². The van der Waals surface area contributed by atoms with Gasteiger partial charge in [0.15, 0.2) is 5.41 Å². The summed E-state index contributed by atoms with van der Waals surface area (Å²) >= 11 is 0. The molecule has 0 spiro atoms. The average molecular weight is 185 g/mol. The van der Waals surface area contributed by atoms with Crippen LogP contribution in [0.15, 0.2) is 12.3 Å². The zero-order valence-corrected chi connectivity index (χ0v) is 8.71. The first-order valence-corrected chi connectivity index (χ1v) is 4.40. The Bertz CT molecular complexity index is 291. The summed E-state index contributed by atoms with van der Waals surface area (Å²) in [4.78, 5) is 4.01. The Morgan fingerprint density at radius 3 is 2.42 bits per heavy atom. The number of hydrogen-bond donors (Lipinski definition) is 0. The van der Waals surface area contributed by atoms with Crippen molar-refractivity contribution >= 4 is 9.24 Å². The van der Waals surface area contributed by atoms with Crippen LogP contribution >= 0.6 is 9.24 Å². The number of alkyl halides is 1. The van der Waals surface area contributed by atoms with E-state index in [9.17, 15) is 4.39 Å². The summed E-state index contributed by atoms with van der Waals surface area (Å²) in [6.45, 7) is 5.40. The van der Waals surface area contributed by atoms with Gasteiger partial charge in [0.25, 0.3) is 0 Å². The van der Waals surface area contributed by atoms with Gasteiger partial charge >= 0.3 is 0 Å². The van der Waals surface area contributed by atoms with E-state index in [2.05, 4.69) is 14.2 Å². The van der Waals surface area contributed by atoms with Gasteiger partial charge in [0.05, 0.1) is 5.69 Å². The van der Waals surface area contributed by atoms with E-state index in [1.54, 1.807) is 12.3 Å². The number of nitrogens with zero attached hydrogens (tertiary/aromatic N) is 1. The highest BCUT2D eigenvalue weighted by Gasteiger charge is 2.20. The number of rotatable bonds is 1. The lowest BCUT2D eigenvalue weighted by Gasteiger charge is -2.14. The molecule has 0 bridgehead atoms. The van der Waals surface area contributed by atoms with E-state index in [0.717, 1.165) is 11.1 Å². The van der Waals surface area contributed by atoms with E-state index in [1.807, 2.05) is 13.8 Å². The van der Waals surface area contributed by atoms with Gasteiger partial charge in [-0.3, -0.25) is 4.98 Å². The van der Waals surface area contributed by atoms with E-state index in [0.29, 0.717) is 5.69 Å². The van der Waals surface area contributed by atoms with Crippen LogP contribution in [0, 0.1) is 13.8 Å². The molecule has 0 amide bonds. The Hall–Kier alpha value is -0.490. The van der Waals surface area contributed by atoms with Crippen LogP contribution in [0.5, 0.6) is 0 Å². The maximum absolute atomic E-state index is 13.3. The molecule has 2 unspecified atom stereocenters.